The van der Waals surface area contributed by atoms with Gasteiger partial charge in [0, 0.05) is 6.04 Å². The van der Waals surface area contributed by atoms with Crippen LogP contribution in [-0.2, 0) is 4.79 Å². The van der Waals surface area contributed by atoms with Gasteiger partial charge in [0.05, 0.1) is 18.1 Å². The minimum atomic E-state index is -0.809. The molecular formula is C11H15N3O2. The van der Waals surface area contributed by atoms with Gasteiger partial charge in [-0.1, -0.05) is 12.8 Å². The Balaban J connectivity index is 2.16. The third-order valence-electron chi connectivity index (χ3n) is 2.95. The molecule has 0 spiro atoms. The number of anilines is 1. The summed E-state index contributed by atoms with van der Waals surface area (Å²) >= 11 is 0. The standard InChI is InChI=1S/C11H15N3O2/c15-11(16)7-14(9-3-1-2-4-9)10-5-12-8-13-6-10/h5-6,8-9H,1-4,7H2,(H,15,16). The quantitative estimate of drug-likeness (QED) is 0.830. The minimum Gasteiger partial charge on any atom is -0.480 e. The van der Waals surface area contributed by atoms with Crippen LogP contribution in [0.3, 0.4) is 0 Å². The molecule has 0 bridgehead atoms. The number of nitrogens with zero attached hydrogens (tertiary/aromatic N) is 3. The van der Waals surface area contributed by atoms with Crippen molar-refractivity contribution in [2.24, 2.45) is 0 Å². The van der Waals surface area contributed by atoms with Gasteiger partial charge in [-0.15, -0.1) is 0 Å². The van der Waals surface area contributed by atoms with Crippen LogP contribution in [-0.4, -0.2) is 33.6 Å². The SMILES string of the molecule is O=C(O)CN(c1cncnc1)C1CCCC1. The Morgan fingerprint density at radius 2 is 2.00 bits per heavy atom. The normalized spacial score (nSPS) is 16.2. The molecule has 16 heavy (non-hydrogen) atoms. The molecular weight excluding hydrogens is 206 g/mol. The van der Waals surface area contributed by atoms with Crippen LogP contribution in [0.2, 0.25) is 0 Å². The van der Waals surface area contributed by atoms with Crippen molar-refractivity contribution in [3.8, 4) is 0 Å². The van der Waals surface area contributed by atoms with Gasteiger partial charge in [0.25, 0.3) is 0 Å². The molecule has 1 N–H and O–H groups in total. The van der Waals surface area contributed by atoms with E-state index < -0.39 is 5.97 Å². The fourth-order valence-corrected chi connectivity index (χ4v) is 2.23. The first kappa shape index (κ1) is 10.9. The van der Waals surface area contributed by atoms with Crippen molar-refractivity contribution in [2.75, 3.05) is 11.4 Å². The average molecular weight is 221 g/mol. The van der Waals surface area contributed by atoms with Gasteiger partial charge in [0.2, 0.25) is 0 Å². The highest BCUT2D eigenvalue weighted by molar-refractivity contribution is 5.73. The van der Waals surface area contributed by atoms with Gasteiger partial charge in [0.1, 0.15) is 12.9 Å². The third-order valence-corrected chi connectivity index (χ3v) is 2.95. The number of aromatic nitrogens is 2. The van der Waals surface area contributed by atoms with Crippen molar-refractivity contribution in [3.63, 3.8) is 0 Å². The zero-order valence-electron chi connectivity index (χ0n) is 9.04. The summed E-state index contributed by atoms with van der Waals surface area (Å²) in [6.45, 7) is 0.0258. The molecule has 0 saturated heterocycles. The lowest BCUT2D eigenvalue weighted by Gasteiger charge is -2.28. The maximum Gasteiger partial charge on any atom is 0.323 e. The van der Waals surface area contributed by atoms with Crippen LogP contribution in [0.1, 0.15) is 25.7 Å². The monoisotopic (exact) mass is 221 g/mol. The molecule has 5 heteroatoms. The maximum atomic E-state index is 10.9. The van der Waals surface area contributed by atoms with E-state index in [0.717, 1.165) is 18.5 Å². The van der Waals surface area contributed by atoms with Crippen molar-refractivity contribution in [1.29, 1.82) is 0 Å². The first-order valence-corrected chi connectivity index (χ1v) is 5.51. The average Bonchev–Trinajstić information content (AvgIpc) is 2.80. The van der Waals surface area contributed by atoms with Crippen molar-refractivity contribution >= 4 is 11.7 Å². The van der Waals surface area contributed by atoms with Crippen molar-refractivity contribution in [3.05, 3.63) is 18.7 Å². The summed E-state index contributed by atoms with van der Waals surface area (Å²) in [5, 5.41) is 8.92. The molecule has 1 fully saturated rings. The topological polar surface area (TPSA) is 66.3 Å². The molecule has 0 unspecified atom stereocenters. The highest BCUT2D eigenvalue weighted by atomic mass is 16.4. The molecule has 2 rings (SSSR count). The molecule has 0 atom stereocenters. The number of carbonyl (C=O) groups is 1. The Kier molecular flexibility index (Phi) is 3.34. The van der Waals surface area contributed by atoms with Crippen molar-refractivity contribution in [2.45, 2.75) is 31.7 Å². The molecule has 1 aromatic rings. The Morgan fingerprint density at radius 1 is 1.38 bits per heavy atom. The van der Waals surface area contributed by atoms with E-state index in [4.69, 9.17) is 5.11 Å². The Hall–Kier alpha value is -1.65. The number of hydrogen-bond acceptors (Lipinski definition) is 4. The van der Waals surface area contributed by atoms with Gasteiger partial charge in [0.15, 0.2) is 0 Å². The smallest absolute Gasteiger partial charge is 0.323 e. The van der Waals surface area contributed by atoms with Crippen LogP contribution in [0.4, 0.5) is 5.69 Å². The van der Waals surface area contributed by atoms with E-state index in [1.807, 2.05) is 4.90 Å². The van der Waals surface area contributed by atoms with E-state index in [1.165, 1.54) is 19.2 Å². The van der Waals surface area contributed by atoms with E-state index in [0.29, 0.717) is 6.04 Å². The lowest BCUT2D eigenvalue weighted by Crippen LogP contribution is -2.37. The second-order valence-electron chi connectivity index (χ2n) is 4.06. The maximum absolute atomic E-state index is 10.9. The Labute approximate surface area is 94.1 Å². The predicted octanol–water partition coefficient (Wildman–Crippen LogP) is 1.31. The number of aliphatic carboxylic acids is 1. The summed E-state index contributed by atoms with van der Waals surface area (Å²) in [7, 11) is 0. The highest BCUT2D eigenvalue weighted by Crippen LogP contribution is 2.27. The predicted molar refractivity (Wildman–Crippen MR) is 59.3 cm³/mol. The van der Waals surface area contributed by atoms with Crippen molar-refractivity contribution < 1.29 is 9.90 Å². The van der Waals surface area contributed by atoms with Crippen LogP contribution < -0.4 is 4.90 Å². The largest absolute Gasteiger partial charge is 0.480 e. The van der Waals surface area contributed by atoms with Crippen LogP contribution in [0.15, 0.2) is 18.7 Å². The molecule has 0 aromatic carbocycles. The fourth-order valence-electron chi connectivity index (χ4n) is 2.23. The van der Waals surface area contributed by atoms with Crippen molar-refractivity contribution in [1.82, 2.24) is 9.97 Å². The van der Waals surface area contributed by atoms with E-state index in [2.05, 4.69) is 9.97 Å². The van der Waals surface area contributed by atoms with Gasteiger partial charge < -0.3 is 10.0 Å². The van der Waals surface area contributed by atoms with E-state index in [1.54, 1.807) is 12.4 Å². The zero-order chi connectivity index (χ0) is 11.4. The molecule has 86 valence electrons. The molecule has 1 saturated carbocycles. The summed E-state index contributed by atoms with van der Waals surface area (Å²) in [5.41, 5.74) is 0.803. The van der Waals surface area contributed by atoms with Crippen LogP contribution in [0.25, 0.3) is 0 Å². The fraction of sp³-hybridized carbons (Fsp3) is 0.545. The molecule has 1 aliphatic rings. The molecule has 0 radical (unpaired) electrons. The van der Waals surface area contributed by atoms with Gasteiger partial charge >= 0.3 is 5.97 Å². The number of hydrogen-bond donors (Lipinski definition) is 1. The molecule has 1 aliphatic carbocycles. The summed E-state index contributed by atoms with van der Waals surface area (Å²) in [4.78, 5) is 20.6. The number of carboxylic acid groups (broad SMARTS) is 1. The third kappa shape index (κ3) is 2.48. The van der Waals surface area contributed by atoms with E-state index in [-0.39, 0.29) is 6.54 Å². The summed E-state index contributed by atoms with van der Waals surface area (Å²) < 4.78 is 0. The van der Waals surface area contributed by atoms with Gasteiger partial charge in [-0.2, -0.15) is 0 Å². The lowest BCUT2D eigenvalue weighted by atomic mass is 10.2. The van der Waals surface area contributed by atoms with Crippen LogP contribution in [0, 0.1) is 0 Å². The van der Waals surface area contributed by atoms with Gasteiger partial charge in [-0.05, 0) is 12.8 Å². The summed E-state index contributed by atoms with van der Waals surface area (Å²) in [6.07, 6.45) is 9.27. The Morgan fingerprint density at radius 3 is 2.56 bits per heavy atom. The molecule has 1 heterocycles. The second kappa shape index (κ2) is 4.92. The Bertz CT molecular complexity index is 350. The van der Waals surface area contributed by atoms with Crippen LogP contribution >= 0.6 is 0 Å². The minimum absolute atomic E-state index is 0.0258. The molecule has 0 amide bonds. The van der Waals surface area contributed by atoms with Crippen LogP contribution in [0.5, 0.6) is 0 Å². The summed E-state index contributed by atoms with van der Waals surface area (Å²) in [6, 6.07) is 0.321. The summed E-state index contributed by atoms with van der Waals surface area (Å²) in [5.74, 6) is -0.809. The first-order chi connectivity index (χ1) is 7.77. The second-order valence-corrected chi connectivity index (χ2v) is 4.06. The molecule has 1 aromatic heterocycles. The molecule has 5 nitrogen and oxygen atoms in total. The van der Waals surface area contributed by atoms with E-state index in [9.17, 15) is 4.79 Å². The molecule has 0 aliphatic heterocycles. The van der Waals surface area contributed by atoms with Gasteiger partial charge in [-0.3, -0.25) is 4.79 Å². The number of carboxylic acids is 1. The van der Waals surface area contributed by atoms with Gasteiger partial charge in [-0.25, -0.2) is 9.97 Å². The first-order valence-electron chi connectivity index (χ1n) is 5.51. The lowest BCUT2D eigenvalue weighted by molar-refractivity contribution is -0.135. The van der Waals surface area contributed by atoms with E-state index >= 15 is 0 Å². The zero-order valence-corrected chi connectivity index (χ0v) is 9.04. The number of rotatable bonds is 4. The highest BCUT2D eigenvalue weighted by Gasteiger charge is 2.24.